The Bertz CT molecular complexity index is 548. The van der Waals surface area contributed by atoms with Gasteiger partial charge in [0.2, 0.25) is 5.82 Å². The van der Waals surface area contributed by atoms with Crippen molar-refractivity contribution in [3.8, 4) is 0 Å². The first-order valence-corrected chi connectivity index (χ1v) is 5.35. The van der Waals surface area contributed by atoms with E-state index in [1.807, 2.05) is 0 Å². The van der Waals surface area contributed by atoms with Gasteiger partial charge in [0.15, 0.2) is 6.10 Å². The van der Waals surface area contributed by atoms with Gasteiger partial charge in [-0.15, -0.1) is 0 Å². The normalized spacial score (nSPS) is 11.6. The molecule has 1 rings (SSSR count). The topological polar surface area (TPSA) is 119 Å². The molecule has 0 aliphatic rings. The zero-order valence-electron chi connectivity index (χ0n) is 10.3. The van der Waals surface area contributed by atoms with E-state index in [1.54, 1.807) is 0 Å². The molecule has 1 atom stereocenters. The molecule has 0 fully saturated rings. The molecule has 108 valence electrons. The lowest BCUT2D eigenvalue weighted by molar-refractivity contribution is -0.387. The van der Waals surface area contributed by atoms with E-state index >= 15 is 0 Å². The molecule has 0 aliphatic heterocycles. The summed E-state index contributed by atoms with van der Waals surface area (Å²) in [6.45, 7) is -0.426. The monoisotopic (exact) mass is 286 g/mol. The van der Waals surface area contributed by atoms with Crippen LogP contribution in [-0.4, -0.2) is 41.7 Å². The van der Waals surface area contributed by atoms with E-state index in [9.17, 15) is 29.2 Å². The van der Waals surface area contributed by atoms with Crippen molar-refractivity contribution in [3.05, 3.63) is 39.7 Å². The molecule has 1 unspecified atom stereocenters. The van der Waals surface area contributed by atoms with Crippen LogP contribution in [0.25, 0.3) is 0 Å². The Morgan fingerprint density at radius 3 is 2.70 bits per heavy atom. The molecular formula is C11H11FN2O6. The number of hydrogen-bond acceptors (Lipinski definition) is 6. The molecule has 0 aliphatic carbocycles. The van der Waals surface area contributed by atoms with Crippen LogP contribution in [0.5, 0.6) is 0 Å². The van der Waals surface area contributed by atoms with Gasteiger partial charge in [0.25, 0.3) is 5.91 Å². The molecule has 9 heteroatoms. The van der Waals surface area contributed by atoms with Gasteiger partial charge in [-0.3, -0.25) is 14.9 Å². The van der Waals surface area contributed by atoms with Crippen LogP contribution in [0, 0.1) is 15.9 Å². The van der Waals surface area contributed by atoms with Gasteiger partial charge in [0, 0.05) is 11.6 Å². The van der Waals surface area contributed by atoms with Crippen LogP contribution in [0.1, 0.15) is 10.4 Å². The minimum absolute atomic E-state index is 0.176. The van der Waals surface area contributed by atoms with Gasteiger partial charge >= 0.3 is 11.7 Å². The van der Waals surface area contributed by atoms with Gasteiger partial charge in [-0.25, -0.2) is 4.79 Å². The second kappa shape index (κ2) is 6.57. The molecule has 0 aromatic heterocycles. The molecular weight excluding hydrogens is 275 g/mol. The third kappa shape index (κ3) is 3.72. The maximum atomic E-state index is 13.3. The number of esters is 1. The number of aliphatic hydroxyl groups excluding tert-OH is 1. The van der Waals surface area contributed by atoms with E-state index in [0.717, 1.165) is 19.2 Å². The highest BCUT2D eigenvalue weighted by Gasteiger charge is 2.19. The maximum Gasteiger partial charge on any atom is 0.336 e. The highest BCUT2D eigenvalue weighted by atomic mass is 19.1. The molecule has 1 amide bonds. The molecule has 0 saturated carbocycles. The number of nitro benzene ring substituents is 1. The van der Waals surface area contributed by atoms with Crippen LogP contribution in [0.3, 0.4) is 0 Å². The van der Waals surface area contributed by atoms with Crippen molar-refractivity contribution in [2.45, 2.75) is 6.10 Å². The van der Waals surface area contributed by atoms with Crippen molar-refractivity contribution in [2.24, 2.45) is 0 Å². The SMILES string of the molecule is COC(=O)C(O)CNC(=O)c1ccc([N+](=O)[O-])c(F)c1. The Morgan fingerprint density at radius 1 is 1.55 bits per heavy atom. The molecule has 0 radical (unpaired) electrons. The Hall–Kier alpha value is -2.55. The van der Waals surface area contributed by atoms with Crippen LogP contribution in [0.15, 0.2) is 18.2 Å². The van der Waals surface area contributed by atoms with E-state index in [1.165, 1.54) is 0 Å². The minimum atomic E-state index is -1.55. The molecule has 0 spiro atoms. The number of amides is 1. The smallest absolute Gasteiger partial charge is 0.336 e. The molecule has 2 N–H and O–H groups in total. The summed E-state index contributed by atoms with van der Waals surface area (Å²) in [7, 11) is 1.07. The zero-order valence-corrected chi connectivity index (χ0v) is 10.3. The molecule has 0 heterocycles. The summed E-state index contributed by atoms with van der Waals surface area (Å²) in [5.41, 5.74) is -0.929. The fraction of sp³-hybridized carbons (Fsp3) is 0.273. The second-order valence-corrected chi connectivity index (χ2v) is 3.67. The number of nitrogens with zero attached hydrogens (tertiary/aromatic N) is 1. The highest BCUT2D eigenvalue weighted by Crippen LogP contribution is 2.17. The molecule has 1 aromatic rings. The average molecular weight is 286 g/mol. The quantitative estimate of drug-likeness (QED) is 0.446. The molecule has 8 nitrogen and oxygen atoms in total. The number of carbonyl (C=O) groups excluding carboxylic acids is 2. The number of rotatable bonds is 5. The van der Waals surface area contributed by atoms with Crippen molar-refractivity contribution in [1.82, 2.24) is 5.32 Å². The summed E-state index contributed by atoms with van der Waals surface area (Å²) in [5.74, 6) is -2.88. The fourth-order valence-corrected chi connectivity index (χ4v) is 1.31. The van der Waals surface area contributed by atoms with Crippen LogP contribution in [0.4, 0.5) is 10.1 Å². The number of methoxy groups -OCH3 is 1. The number of carbonyl (C=O) groups is 2. The van der Waals surface area contributed by atoms with E-state index in [-0.39, 0.29) is 5.56 Å². The lowest BCUT2D eigenvalue weighted by atomic mass is 10.2. The number of ether oxygens (including phenoxy) is 1. The summed E-state index contributed by atoms with van der Waals surface area (Å²) < 4.78 is 17.5. The van der Waals surface area contributed by atoms with Crippen LogP contribution >= 0.6 is 0 Å². The van der Waals surface area contributed by atoms with Gasteiger partial charge in [0.1, 0.15) is 0 Å². The van der Waals surface area contributed by atoms with Gasteiger partial charge in [0.05, 0.1) is 18.6 Å². The molecule has 20 heavy (non-hydrogen) atoms. The van der Waals surface area contributed by atoms with Crippen LogP contribution in [0.2, 0.25) is 0 Å². The first kappa shape index (κ1) is 15.5. The Labute approximate surface area is 112 Å². The predicted molar refractivity (Wildman–Crippen MR) is 63.4 cm³/mol. The Kier molecular flexibility index (Phi) is 5.09. The number of nitro groups is 1. The zero-order chi connectivity index (χ0) is 15.3. The maximum absolute atomic E-state index is 13.3. The average Bonchev–Trinajstić information content (AvgIpc) is 2.42. The summed E-state index contributed by atoms with van der Waals surface area (Å²) in [5, 5.41) is 21.8. The number of hydrogen-bond donors (Lipinski definition) is 2. The van der Waals surface area contributed by atoms with E-state index in [2.05, 4.69) is 10.1 Å². The van der Waals surface area contributed by atoms with E-state index in [0.29, 0.717) is 6.07 Å². The van der Waals surface area contributed by atoms with Gasteiger partial charge in [-0.1, -0.05) is 0 Å². The first-order chi connectivity index (χ1) is 9.36. The lowest BCUT2D eigenvalue weighted by Crippen LogP contribution is -2.37. The fourth-order valence-electron chi connectivity index (χ4n) is 1.31. The number of nitrogens with one attached hydrogen (secondary N) is 1. The summed E-state index contributed by atoms with van der Waals surface area (Å²) >= 11 is 0. The minimum Gasteiger partial charge on any atom is -0.467 e. The molecule has 0 saturated heterocycles. The molecule has 0 bridgehead atoms. The van der Waals surface area contributed by atoms with Gasteiger partial charge in [-0.05, 0) is 12.1 Å². The summed E-state index contributed by atoms with van der Waals surface area (Å²) in [4.78, 5) is 31.9. The predicted octanol–water partition coefficient (Wildman–Crippen LogP) is -0.00240. The first-order valence-electron chi connectivity index (χ1n) is 5.35. The van der Waals surface area contributed by atoms with E-state index < -0.39 is 41.0 Å². The molecule has 1 aromatic carbocycles. The lowest BCUT2D eigenvalue weighted by Gasteiger charge is -2.09. The Balaban J connectivity index is 2.71. The van der Waals surface area contributed by atoms with Gasteiger partial charge < -0.3 is 15.2 Å². The standard InChI is InChI=1S/C11H11FN2O6/c1-20-11(17)9(15)5-13-10(16)6-2-3-8(14(18)19)7(12)4-6/h2-4,9,15H,5H2,1H3,(H,13,16). The van der Waals surface area contributed by atoms with E-state index in [4.69, 9.17) is 0 Å². The highest BCUT2D eigenvalue weighted by molar-refractivity contribution is 5.94. The van der Waals surface area contributed by atoms with Gasteiger partial charge in [-0.2, -0.15) is 4.39 Å². The van der Waals surface area contributed by atoms with Crippen molar-refractivity contribution in [2.75, 3.05) is 13.7 Å². The summed E-state index contributed by atoms with van der Waals surface area (Å²) in [6, 6.07) is 2.60. The van der Waals surface area contributed by atoms with Crippen molar-refractivity contribution in [1.29, 1.82) is 0 Å². The van der Waals surface area contributed by atoms with Crippen LogP contribution < -0.4 is 5.32 Å². The summed E-state index contributed by atoms with van der Waals surface area (Å²) in [6.07, 6.45) is -1.55. The Morgan fingerprint density at radius 2 is 2.20 bits per heavy atom. The largest absolute Gasteiger partial charge is 0.467 e. The van der Waals surface area contributed by atoms with Crippen molar-refractivity contribution < 1.29 is 28.7 Å². The van der Waals surface area contributed by atoms with Crippen molar-refractivity contribution >= 4 is 17.6 Å². The third-order valence-corrected chi connectivity index (χ3v) is 2.34. The number of aliphatic hydroxyl groups is 1. The van der Waals surface area contributed by atoms with Crippen molar-refractivity contribution in [3.63, 3.8) is 0 Å². The number of benzene rings is 1. The number of halogens is 1. The van der Waals surface area contributed by atoms with Crippen LogP contribution in [-0.2, 0) is 9.53 Å². The second-order valence-electron chi connectivity index (χ2n) is 3.67. The third-order valence-electron chi connectivity index (χ3n) is 2.34.